The van der Waals surface area contributed by atoms with Crippen LogP contribution in [0.25, 0.3) is 0 Å². The molecule has 1 heterocycles. The van der Waals surface area contributed by atoms with Crippen LogP contribution in [0.2, 0.25) is 0 Å². The van der Waals surface area contributed by atoms with Gasteiger partial charge in [-0.1, -0.05) is 24.3 Å². The van der Waals surface area contributed by atoms with E-state index in [0.717, 1.165) is 28.8 Å². The highest BCUT2D eigenvalue weighted by Crippen LogP contribution is 2.51. The molecule has 7 heteroatoms. The van der Waals surface area contributed by atoms with E-state index < -0.39 is 0 Å². The van der Waals surface area contributed by atoms with Gasteiger partial charge >= 0.3 is 0 Å². The quantitative estimate of drug-likeness (QED) is 0.493. The van der Waals surface area contributed by atoms with Gasteiger partial charge in [-0.05, 0) is 36.0 Å². The van der Waals surface area contributed by atoms with Crippen LogP contribution in [0.3, 0.4) is 0 Å². The van der Waals surface area contributed by atoms with E-state index in [0.29, 0.717) is 0 Å². The van der Waals surface area contributed by atoms with Crippen LogP contribution < -0.4 is 5.32 Å². The smallest absolute Gasteiger partial charge is 0.270 e. The third-order valence-corrected chi connectivity index (χ3v) is 5.30. The van der Waals surface area contributed by atoms with Crippen LogP contribution in [0, 0.1) is 33.1 Å². The van der Waals surface area contributed by atoms with Crippen LogP contribution in [0.1, 0.15) is 35.1 Å². The number of nitrogens with one attached hydrogen (secondary N) is 1. The lowest BCUT2D eigenvalue weighted by Crippen LogP contribution is -2.29. The Hall–Kier alpha value is -3.22. The Balaban J connectivity index is 1.81. The standard InChI is InChI=1S/C19H17N3O4/c1-11-8-14(22(25)26)10-17-15-6-3-7-16(15)19(20-18(11)17)12-4-2-5-13(9-12)21(23)24/h2-6,8-10,15-16,19-20H,7H2,1H3/t15-,16-,19-/m1/s1. The molecular formula is C19H17N3O4. The number of non-ortho nitro benzene ring substituents is 2. The predicted molar refractivity (Wildman–Crippen MR) is 97.3 cm³/mol. The summed E-state index contributed by atoms with van der Waals surface area (Å²) in [6.45, 7) is 1.85. The van der Waals surface area contributed by atoms with E-state index in [4.69, 9.17) is 0 Å². The van der Waals surface area contributed by atoms with Crippen LogP contribution in [0.15, 0.2) is 48.6 Å². The molecular weight excluding hydrogens is 334 g/mol. The maximum absolute atomic E-state index is 11.2. The lowest BCUT2D eigenvalue weighted by Gasteiger charge is -2.38. The second-order valence-electron chi connectivity index (χ2n) is 6.81. The number of fused-ring (bicyclic) bond motifs is 3. The number of rotatable bonds is 3. The fourth-order valence-electron chi connectivity index (χ4n) is 4.13. The summed E-state index contributed by atoms with van der Waals surface area (Å²) >= 11 is 0. The van der Waals surface area contributed by atoms with Crippen molar-refractivity contribution < 1.29 is 9.85 Å². The van der Waals surface area contributed by atoms with Crippen LogP contribution in [-0.4, -0.2) is 9.85 Å². The number of hydrogen-bond acceptors (Lipinski definition) is 5. The highest BCUT2D eigenvalue weighted by molar-refractivity contribution is 5.67. The van der Waals surface area contributed by atoms with E-state index in [1.54, 1.807) is 24.3 Å². The van der Waals surface area contributed by atoms with Gasteiger partial charge in [-0.25, -0.2) is 0 Å². The number of hydrogen-bond donors (Lipinski definition) is 1. The molecule has 1 aliphatic carbocycles. The molecule has 0 saturated heterocycles. The van der Waals surface area contributed by atoms with E-state index in [1.807, 2.05) is 13.0 Å². The highest BCUT2D eigenvalue weighted by atomic mass is 16.6. The van der Waals surface area contributed by atoms with Gasteiger partial charge in [0.1, 0.15) is 0 Å². The minimum absolute atomic E-state index is 0.0640. The van der Waals surface area contributed by atoms with E-state index in [-0.39, 0.29) is 39.1 Å². The zero-order chi connectivity index (χ0) is 18.4. The first-order chi connectivity index (χ1) is 12.5. The predicted octanol–water partition coefficient (Wildman–Crippen LogP) is 4.64. The number of benzene rings is 2. The Morgan fingerprint density at radius 3 is 2.58 bits per heavy atom. The third-order valence-electron chi connectivity index (χ3n) is 5.30. The van der Waals surface area contributed by atoms with Crippen molar-refractivity contribution in [2.45, 2.75) is 25.3 Å². The Kier molecular flexibility index (Phi) is 3.72. The highest BCUT2D eigenvalue weighted by Gasteiger charge is 2.39. The Morgan fingerprint density at radius 1 is 1.08 bits per heavy atom. The fraction of sp³-hybridized carbons (Fsp3) is 0.263. The molecule has 2 aromatic carbocycles. The van der Waals surface area contributed by atoms with Crippen molar-refractivity contribution in [1.29, 1.82) is 0 Å². The van der Waals surface area contributed by atoms with Gasteiger partial charge in [0.2, 0.25) is 0 Å². The summed E-state index contributed by atoms with van der Waals surface area (Å²) in [6.07, 6.45) is 5.01. The van der Waals surface area contributed by atoms with Gasteiger partial charge in [-0.2, -0.15) is 0 Å². The molecule has 0 spiro atoms. The number of anilines is 1. The minimum Gasteiger partial charge on any atom is -0.377 e. The molecule has 0 aromatic heterocycles. The van der Waals surface area contributed by atoms with E-state index in [1.165, 1.54) is 6.07 Å². The van der Waals surface area contributed by atoms with Gasteiger partial charge in [-0.15, -0.1) is 0 Å². The molecule has 0 saturated carbocycles. The Morgan fingerprint density at radius 2 is 1.85 bits per heavy atom. The molecule has 3 atom stereocenters. The van der Waals surface area contributed by atoms with Crippen molar-refractivity contribution in [3.63, 3.8) is 0 Å². The number of nitro groups is 2. The van der Waals surface area contributed by atoms with Crippen molar-refractivity contribution in [3.8, 4) is 0 Å². The molecule has 0 amide bonds. The topological polar surface area (TPSA) is 98.3 Å². The molecule has 2 aliphatic rings. The summed E-state index contributed by atoms with van der Waals surface area (Å²) in [5.41, 5.74) is 3.65. The molecule has 132 valence electrons. The van der Waals surface area contributed by atoms with Crippen molar-refractivity contribution >= 4 is 17.1 Å². The minimum atomic E-state index is -0.390. The van der Waals surface area contributed by atoms with E-state index >= 15 is 0 Å². The Bertz CT molecular complexity index is 954. The van der Waals surface area contributed by atoms with Gasteiger partial charge in [0.15, 0.2) is 0 Å². The zero-order valence-electron chi connectivity index (χ0n) is 14.1. The van der Waals surface area contributed by atoms with Gasteiger partial charge in [0.05, 0.1) is 15.9 Å². The largest absolute Gasteiger partial charge is 0.377 e. The summed E-state index contributed by atoms with van der Waals surface area (Å²) in [4.78, 5) is 21.6. The number of aryl methyl sites for hydroxylation is 1. The van der Waals surface area contributed by atoms with Crippen molar-refractivity contribution in [2.75, 3.05) is 5.32 Å². The summed E-state index contributed by atoms with van der Waals surface area (Å²) in [5.74, 6) is 0.236. The first kappa shape index (κ1) is 16.3. The number of nitro benzene ring substituents is 2. The van der Waals surface area contributed by atoms with Crippen LogP contribution >= 0.6 is 0 Å². The van der Waals surface area contributed by atoms with E-state index in [9.17, 15) is 20.2 Å². The second kappa shape index (κ2) is 5.94. The fourth-order valence-corrected chi connectivity index (χ4v) is 4.13. The average molecular weight is 351 g/mol. The molecule has 1 N–H and O–H groups in total. The lowest BCUT2D eigenvalue weighted by atomic mass is 9.76. The maximum Gasteiger partial charge on any atom is 0.270 e. The molecule has 26 heavy (non-hydrogen) atoms. The van der Waals surface area contributed by atoms with Crippen molar-refractivity contribution in [3.05, 3.63) is 85.5 Å². The van der Waals surface area contributed by atoms with Crippen LogP contribution in [-0.2, 0) is 0 Å². The van der Waals surface area contributed by atoms with Gasteiger partial charge < -0.3 is 5.32 Å². The van der Waals surface area contributed by atoms with E-state index in [2.05, 4.69) is 17.5 Å². The summed E-state index contributed by atoms with van der Waals surface area (Å²) in [7, 11) is 0. The summed E-state index contributed by atoms with van der Waals surface area (Å²) in [5, 5.41) is 25.8. The first-order valence-corrected chi connectivity index (χ1v) is 8.42. The van der Waals surface area contributed by atoms with Gasteiger partial charge in [0, 0.05) is 35.9 Å². The van der Waals surface area contributed by atoms with Crippen molar-refractivity contribution in [1.82, 2.24) is 0 Å². The number of nitrogens with zero attached hydrogens (tertiary/aromatic N) is 2. The van der Waals surface area contributed by atoms with Crippen LogP contribution in [0.5, 0.6) is 0 Å². The second-order valence-corrected chi connectivity index (χ2v) is 6.81. The SMILES string of the molecule is Cc1cc([N+](=O)[O-])cc2c1N[C@H](c1cccc([N+](=O)[O-])c1)[C@@H]1CC=C[C@@H]21. The lowest BCUT2D eigenvalue weighted by molar-refractivity contribution is -0.385. The summed E-state index contributed by atoms with van der Waals surface area (Å²) in [6, 6.07) is 9.82. The molecule has 2 aromatic rings. The van der Waals surface area contributed by atoms with Gasteiger partial charge in [0.25, 0.3) is 11.4 Å². The molecule has 0 radical (unpaired) electrons. The normalized spacial score (nSPS) is 23.0. The maximum atomic E-state index is 11.2. The molecule has 0 fully saturated rings. The third kappa shape index (κ3) is 2.52. The monoisotopic (exact) mass is 351 g/mol. The average Bonchev–Trinajstić information content (AvgIpc) is 3.11. The number of allylic oxidation sites excluding steroid dienone is 2. The molecule has 7 nitrogen and oxygen atoms in total. The Labute approximate surface area is 149 Å². The van der Waals surface area contributed by atoms with Gasteiger partial charge in [-0.3, -0.25) is 20.2 Å². The van der Waals surface area contributed by atoms with Crippen molar-refractivity contribution in [2.24, 2.45) is 5.92 Å². The summed E-state index contributed by atoms with van der Waals surface area (Å²) < 4.78 is 0. The van der Waals surface area contributed by atoms with Crippen LogP contribution in [0.4, 0.5) is 17.1 Å². The molecule has 4 rings (SSSR count). The first-order valence-electron chi connectivity index (χ1n) is 8.42. The molecule has 1 aliphatic heterocycles. The molecule has 0 unspecified atom stereocenters. The molecule has 0 bridgehead atoms. The zero-order valence-corrected chi connectivity index (χ0v) is 14.1.